The van der Waals surface area contributed by atoms with Gasteiger partial charge in [0.2, 0.25) is 41.4 Å². The number of thioether (sulfide) groups is 1. The van der Waals surface area contributed by atoms with E-state index >= 15 is 0 Å². The third-order valence-electron chi connectivity index (χ3n) is 10.6. The molecule has 0 bridgehead atoms. The number of H-pyrrole nitrogens is 1. The fourth-order valence-electron chi connectivity index (χ4n) is 7.15. The van der Waals surface area contributed by atoms with Crippen LogP contribution in [0.2, 0.25) is 0 Å². The summed E-state index contributed by atoms with van der Waals surface area (Å²) in [6.07, 6.45) is 6.21. The van der Waals surface area contributed by atoms with Crippen LogP contribution >= 0.6 is 11.8 Å². The summed E-state index contributed by atoms with van der Waals surface area (Å²) < 4.78 is 0. The van der Waals surface area contributed by atoms with E-state index in [1.54, 1.807) is 18.7 Å². The van der Waals surface area contributed by atoms with Gasteiger partial charge in [-0.25, -0.2) is 9.78 Å². The maximum Gasteiger partial charge on any atom is 0.326 e. The number of rotatable bonds is 27. The molecule has 2 aliphatic rings. The third-order valence-corrected chi connectivity index (χ3v) is 11.2. The number of imidazole rings is 1. The minimum absolute atomic E-state index is 0.0561. The summed E-state index contributed by atoms with van der Waals surface area (Å²) in [4.78, 5) is 130. The van der Waals surface area contributed by atoms with E-state index in [1.165, 1.54) is 24.3 Å². The number of carbonyl (C=O) groups excluding carboxylic acids is 7. The van der Waals surface area contributed by atoms with Crippen LogP contribution in [0.1, 0.15) is 77.3 Å². The SMILES string of the molecule is CSCC[C@H](NC(=O)CNC(=O)[C@@H]1CCCN1C(=O)[C@@H]1CCCN1)C(=O)N[C@H](C(=O)N[C@@H](CCCN=C(N)N)C(=O)N[C@@H](Cc1cnc[nH]1)C(=O)N[C@@H](CCC(=O)O)C(=O)O)C(C)C. The first kappa shape index (κ1) is 52.4. The van der Waals surface area contributed by atoms with Crippen LogP contribution in [0.5, 0.6) is 0 Å². The van der Waals surface area contributed by atoms with Gasteiger partial charge >= 0.3 is 11.9 Å². The maximum absolute atomic E-state index is 14.0. The summed E-state index contributed by atoms with van der Waals surface area (Å²) >= 11 is 1.41. The zero-order valence-electron chi connectivity index (χ0n) is 36.4. The molecule has 14 N–H and O–H groups in total. The summed E-state index contributed by atoms with van der Waals surface area (Å²) in [5.74, 6) is -7.71. The highest BCUT2D eigenvalue weighted by atomic mass is 32.2. The Labute approximate surface area is 374 Å². The molecule has 7 amide bonds. The molecule has 0 aromatic carbocycles. The molecule has 3 rings (SSSR count). The average Bonchev–Trinajstić information content (AvgIpc) is 4.06. The summed E-state index contributed by atoms with van der Waals surface area (Å²) in [5, 5.41) is 37.2. The van der Waals surface area contributed by atoms with Gasteiger partial charge in [0, 0.05) is 37.8 Å². The van der Waals surface area contributed by atoms with E-state index in [1.807, 2.05) is 6.26 Å². The number of likely N-dealkylation sites (tertiary alicyclic amines) is 1. The standard InChI is InChI=1S/C39H63N13O11S/c1-21(2)31(51-33(57)24(12-16-64-3)47-29(53)19-45-35(59)28-9-6-15-52(28)37(61)25-8-5-13-43-25)36(60)48-23(7-4-14-44-39(40)41)32(56)50-27(17-22-18-42-20-46-22)34(58)49-26(38(62)63)10-11-30(54)55/h18,20-21,23-28,31,43H,4-17,19H2,1-3H3,(H,42,46)(H,45,59)(H,47,53)(H,48,60)(H,49,58)(H,50,56)(H,51,57)(H,54,55)(H,62,63)(H4,40,41,44)/t23-,24-,25-,26-,27-,28-,31-/m0/s1. The van der Waals surface area contributed by atoms with Crippen molar-refractivity contribution in [2.45, 2.75) is 120 Å². The first-order valence-electron chi connectivity index (χ1n) is 21.2. The Hall–Kier alpha value is -5.98. The monoisotopic (exact) mass is 921 g/mol. The van der Waals surface area contributed by atoms with Gasteiger partial charge in [0.1, 0.15) is 36.3 Å². The molecular weight excluding hydrogens is 859 g/mol. The van der Waals surface area contributed by atoms with Crippen molar-refractivity contribution in [1.82, 2.24) is 52.1 Å². The van der Waals surface area contributed by atoms with Gasteiger partial charge in [0.05, 0.1) is 18.9 Å². The van der Waals surface area contributed by atoms with E-state index < -0.39 is 109 Å². The Morgan fingerprint density at radius 2 is 1.55 bits per heavy atom. The van der Waals surface area contributed by atoms with Gasteiger partial charge in [-0.3, -0.25) is 43.3 Å². The Kier molecular flexibility index (Phi) is 21.8. The number of aromatic nitrogens is 2. The lowest BCUT2D eigenvalue weighted by Gasteiger charge is -2.28. The summed E-state index contributed by atoms with van der Waals surface area (Å²) in [6, 6.07) is -7.83. The van der Waals surface area contributed by atoms with Crippen molar-refractivity contribution < 1.29 is 53.4 Å². The van der Waals surface area contributed by atoms with Crippen LogP contribution in [0.4, 0.5) is 0 Å². The van der Waals surface area contributed by atoms with Crippen LogP contribution in [0.15, 0.2) is 17.5 Å². The normalized spacial score (nSPS) is 18.1. The predicted molar refractivity (Wildman–Crippen MR) is 233 cm³/mol. The topological polar surface area (TPSA) is 375 Å². The van der Waals surface area contributed by atoms with Crippen LogP contribution in [0, 0.1) is 5.92 Å². The van der Waals surface area contributed by atoms with Crippen molar-refractivity contribution in [2.24, 2.45) is 22.4 Å². The Morgan fingerprint density at radius 3 is 2.16 bits per heavy atom. The second-order valence-electron chi connectivity index (χ2n) is 15.9. The lowest BCUT2D eigenvalue weighted by Crippen LogP contribution is -2.60. The zero-order chi connectivity index (χ0) is 47.3. The van der Waals surface area contributed by atoms with Crippen molar-refractivity contribution in [3.05, 3.63) is 18.2 Å². The predicted octanol–water partition coefficient (Wildman–Crippen LogP) is -3.35. The van der Waals surface area contributed by atoms with Crippen molar-refractivity contribution in [2.75, 3.05) is 38.2 Å². The van der Waals surface area contributed by atoms with Crippen molar-refractivity contribution in [1.29, 1.82) is 0 Å². The number of aliphatic carboxylic acids is 2. The highest BCUT2D eigenvalue weighted by Crippen LogP contribution is 2.21. The van der Waals surface area contributed by atoms with Crippen molar-refractivity contribution in [3.63, 3.8) is 0 Å². The highest BCUT2D eigenvalue weighted by molar-refractivity contribution is 7.98. The molecule has 64 heavy (non-hydrogen) atoms. The molecule has 0 saturated carbocycles. The van der Waals surface area contributed by atoms with Crippen molar-refractivity contribution in [3.8, 4) is 0 Å². The van der Waals surface area contributed by atoms with Gasteiger partial charge in [0.15, 0.2) is 5.96 Å². The number of carbonyl (C=O) groups is 9. The third kappa shape index (κ3) is 17.3. The fourth-order valence-corrected chi connectivity index (χ4v) is 7.62. The number of guanidine groups is 1. The maximum atomic E-state index is 14.0. The molecule has 0 unspecified atom stereocenters. The average molecular weight is 922 g/mol. The smallest absolute Gasteiger partial charge is 0.326 e. The largest absolute Gasteiger partial charge is 0.481 e. The van der Waals surface area contributed by atoms with E-state index in [0.29, 0.717) is 37.3 Å². The molecule has 2 fully saturated rings. The Bertz CT molecular complexity index is 1810. The first-order valence-corrected chi connectivity index (χ1v) is 22.6. The molecule has 356 valence electrons. The van der Waals surface area contributed by atoms with E-state index in [2.05, 4.69) is 52.2 Å². The Morgan fingerprint density at radius 1 is 0.875 bits per heavy atom. The Balaban J connectivity index is 1.73. The molecular formula is C39H63N13O11S. The van der Waals surface area contributed by atoms with E-state index in [4.69, 9.17) is 16.6 Å². The van der Waals surface area contributed by atoms with Crippen LogP contribution < -0.4 is 48.7 Å². The molecule has 0 spiro atoms. The fraction of sp³-hybridized carbons (Fsp3) is 0.667. The first-order chi connectivity index (χ1) is 30.4. The van der Waals surface area contributed by atoms with Gasteiger partial charge in [-0.15, -0.1) is 0 Å². The van der Waals surface area contributed by atoms with E-state index in [9.17, 15) is 48.3 Å². The highest BCUT2D eigenvalue weighted by Gasteiger charge is 2.38. The number of nitrogens with two attached hydrogens (primary N) is 2. The van der Waals surface area contributed by atoms with Gasteiger partial charge in [-0.05, 0) is 75.8 Å². The number of aromatic amines is 1. The van der Waals surface area contributed by atoms with E-state index in [0.717, 1.165) is 13.0 Å². The molecule has 1 aromatic heterocycles. The molecule has 25 heteroatoms. The quantitative estimate of drug-likeness (QED) is 0.0233. The van der Waals surface area contributed by atoms with Gasteiger partial charge in [-0.2, -0.15) is 11.8 Å². The van der Waals surface area contributed by atoms with Crippen LogP contribution in [-0.4, -0.2) is 165 Å². The van der Waals surface area contributed by atoms with Crippen LogP contribution in [0.25, 0.3) is 0 Å². The second kappa shape index (κ2) is 26.6. The minimum Gasteiger partial charge on any atom is -0.481 e. The van der Waals surface area contributed by atoms with Crippen molar-refractivity contribution >= 4 is 71.0 Å². The molecule has 0 aliphatic carbocycles. The number of nitrogens with one attached hydrogen (secondary N) is 8. The lowest BCUT2D eigenvalue weighted by atomic mass is 10.0. The lowest BCUT2D eigenvalue weighted by molar-refractivity contribution is -0.143. The molecule has 2 saturated heterocycles. The summed E-state index contributed by atoms with van der Waals surface area (Å²) in [7, 11) is 0. The second-order valence-corrected chi connectivity index (χ2v) is 16.9. The molecule has 2 aliphatic heterocycles. The molecule has 3 heterocycles. The van der Waals surface area contributed by atoms with Crippen LogP contribution in [0.3, 0.4) is 0 Å². The summed E-state index contributed by atoms with van der Waals surface area (Å²) in [5.41, 5.74) is 11.3. The number of aliphatic imine (C=N–C) groups is 1. The number of nitrogens with zero attached hydrogens (tertiary/aromatic N) is 3. The molecule has 7 atom stereocenters. The number of amides is 7. The van der Waals surface area contributed by atoms with Gasteiger partial charge < -0.3 is 68.8 Å². The molecule has 24 nitrogen and oxygen atoms in total. The molecule has 0 radical (unpaired) electrons. The van der Waals surface area contributed by atoms with Crippen LogP contribution in [-0.2, 0) is 49.6 Å². The van der Waals surface area contributed by atoms with Gasteiger partial charge in [0.25, 0.3) is 0 Å². The minimum atomic E-state index is -1.60. The zero-order valence-corrected chi connectivity index (χ0v) is 37.2. The number of carboxylic acids is 2. The molecule has 1 aromatic rings. The number of hydrogen-bond acceptors (Lipinski definition) is 13. The number of hydrogen-bond donors (Lipinski definition) is 12. The van der Waals surface area contributed by atoms with Gasteiger partial charge in [-0.1, -0.05) is 13.8 Å². The summed E-state index contributed by atoms with van der Waals surface area (Å²) in [6.45, 7) is 4.05. The van der Waals surface area contributed by atoms with E-state index in [-0.39, 0.29) is 50.1 Å². The number of carboxylic acid groups (broad SMARTS) is 2.